The minimum absolute atomic E-state index is 0. The van der Waals surface area contributed by atoms with E-state index in [9.17, 15) is 18.3 Å². The molecule has 0 aliphatic rings. The first-order valence-electron chi connectivity index (χ1n) is 5.71. The van der Waals surface area contributed by atoms with Gasteiger partial charge >= 0.3 is 6.36 Å². The summed E-state index contributed by atoms with van der Waals surface area (Å²) in [5.74, 6) is -1.23. The molecule has 2 aromatic rings. The molecule has 0 fully saturated rings. The molecule has 0 spiro atoms. The molecular formula is C12H13ClF3N3O2. The van der Waals surface area contributed by atoms with Crippen LogP contribution in [0.1, 0.15) is 0 Å². The summed E-state index contributed by atoms with van der Waals surface area (Å²) < 4.78 is 41.5. The van der Waals surface area contributed by atoms with Crippen molar-refractivity contribution < 1.29 is 23.0 Å². The topological polar surface area (TPSA) is 73.3 Å². The van der Waals surface area contributed by atoms with Crippen LogP contribution < -0.4 is 10.5 Å². The summed E-state index contributed by atoms with van der Waals surface area (Å²) in [6, 6.07) is 3.65. The molecule has 2 rings (SSSR count). The first-order valence-corrected chi connectivity index (χ1v) is 5.71. The van der Waals surface area contributed by atoms with Gasteiger partial charge in [0.25, 0.3) is 0 Å². The molecule has 1 aromatic carbocycles. The minimum atomic E-state index is -4.84. The number of aromatic hydroxyl groups is 1. The molecule has 0 amide bonds. The van der Waals surface area contributed by atoms with Gasteiger partial charge in [-0.15, -0.1) is 25.6 Å². The molecule has 0 radical (unpaired) electrons. The Hall–Kier alpha value is -1.93. The second kappa shape index (κ2) is 6.68. The second-order valence-corrected chi connectivity index (χ2v) is 4.01. The average molecular weight is 324 g/mol. The van der Waals surface area contributed by atoms with E-state index in [2.05, 4.69) is 9.84 Å². The van der Waals surface area contributed by atoms with Crippen molar-refractivity contribution in [3.63, 3.8) is 0 Å². The zero-order chi connectivity index (χ0) is 14.8. The predicted molar refractivity (Wildman–Crippen MR) is 72.3 cm³/mol. The molecular weight excluding hydrogens is 311 g/mol. The Kier molecular flexibility index (Phi) is 5.45. The van der Waals surface area contributed by atoms with E-state index in [1.54, 1.807) is 10.9 Å². The zero-order valence-corrected chi connectivity index (χ0v) is 11.5. The van der Waals surface area contributed by atoms with Gasteiger partial charge in [0, 0.05) is 18.3 Å². The van der Waals surface area contributed by atoms with E-state index in [1.165, 1.54) is 18.3 Å². The van der Waals surface area contributed by atoms with Crippen LogP contribution in [0.3, 0.4) is 0 Å². The van der Waals surface area contributed by atoms with Gasteiger partial charge in [-0.3, -0.25) is 4.68 Å². The van der Waals surface area contributed by atoms with Crippen LogP contribution in [0.5, 0.6) is 11.5 Å². The van der Waals surface area contributed by atoms with Crippen molar-refractivity contribution in [2.75, 3.05) is 6.54 Å². The Morgan fingerprint density at radius 2 is 2.00 bits per heavy atom. The molecule has 9 heteroatoms. The number of halogens is 4. The van der Waals surface area contributed by atoms with Gasteiger partial charge < -0.3 is 15.6 Å². The highest BCUT2D eigenvalue weighted by molar-refractivity contribution is 5.85. The highest BCUT2D eigenvalue weighted by atomic mass is 35.5. The molecule has 1 heterocycles. The van der Waals surface area contributed by atoms with Crippen LogP contribution in [-0.4, -0.2) is 27.8 Å². The van der Waals surface area contributed by atoms with Gasteiger partial charge in [-0.2, -0.15) is 5.10 Å². The summed E-state index contributed by atoms with van der Waals surface area (Å²) in [4.78, 5) is 0. The lowest BCUT2D eigenvalue weighted by Crippen LogP contribution is -2.17. The molecule has 21 heavy (non-hydrogen) atoms. The minimum Gasteiger partial charge on any atom is -0.504 e. The van der Waals surface area contributed by atoms with Crippen LogP contribution in [0.15, 0.2) is 30.6 Å². The lowest BCUT2D eigenvalue weighted by molar-refractivity contribution is -0.275. The molecule has 0 bridgehead atoms. The van der Waals surface area contributed by atoms with Crippen LogP contribution in [0.4, 0.5) is 13.2 Å². The number of benzene rings is 1. The number of hydrogen-bond donors (Lipinski definition) is 2. The summed E-state index contributed by atoms with van der Waals surface area (Å²) in [5.41, 5.74) is 6.57. The normalized spacial score (nSPS) is 11.0. The Morgan fingerprint density at radius 3 is 2.57 bits per heavy atom. The summed E-state index contributed by atoms with van der Waals surface area (Å²) in [5, 5.41) is 13.6. The van der Waals surface area contributed by atoms with Gasteiger partial charge in [-0.25, -0.2) is 0 Å². The average Bonchev–Trinajstić information content (AvgIpc) is 2.79. The standard InChI is InChI=1S/C12H12F3N3O2.ClH/c13-12(14,15)20-11-2-1-8(5-10(11)19)9-6-17-18(7-9)4-3-16;/h1-2,5-7,19H,3-4,16H2;1H. The van der Waals surface area contributed by atoms with E-state index >= 15 is 0 Å². The molecule has 0 unspecified atom stereocenters. The molecule has 0 saturated carbocycles. The summed E-state index contributed by atoms with van der Waals surface area (Å²) in [7, 11) is 0. The molecule has 0 atom stereocenters. The van der Waals surface area contributed by atoms with Crippen LogP contribution in [0.25, 0.3) is 11.1 Å². The number of hydrogen-bond acceptors (Lipinski definition) is 4. The van der Waals surface area contributed by atoms with Crippen LogP contribution >= 0.6 is 12.4 Å². The molecule has 5 nitrogen and oxygen atoms in total. The van der Waals surface area contributed by atoms with E-state index in [4.69, 9.17) is 5.73 Å². The Bertz CT molecular complexity index is 602. The predicted octanol–water partition coefficient (Wildman–Crippen LogP) is 2.53. The number of nitrogens with two attached hydrogens (primary N) is 1. The molecule has 0 aliphatic heterocycles. The number of phenolic OH excluding ortho intramolecular Hbond substituents is 1. The van der Waals surface area contributed by atoms with Crippen molar-refractivity contribution in [2.24, 2.45) is 5.73 Å². The van der Waals surface area contributed by atoms with Crippen LogP contribution in [0.2, 0.25) is 0 Å². The van der Waals surface area contributed by atoms with Gasteiger partial charge in [0.1, 0.15) is 0 Å². The number of rotatable bonds is 4. The summed E-state index contributed by atoms with van der Waals surface area (Å²) >= 11 is 0. The summed E-state index contributed by atoms with van der Waals surface area (Å²) in [6.45, 7) is 0.950. The number of nitrogens with zero attached hydrogens (tertiary/aromatic N) is 2. The molecule has 3 N–H and O–H groups in total. The van der Waals surface area contributed by atoms with Crippen molar-refractivity contribution in [2.45, 2.75) is 12.9 Å². The van der Waals surface area contributed by atoms with Gasteiger partial charge in [0.15, 0.2) is 11.5 Å². The molecule has 0 aliphatic carbocycles. The quantitative estimate of drug-likeness (QED) is 0.907. The monoisotopic (exact) mass is 323 g/mol. The first kappa shape index (κ1) is 17.1. The van der Waals surface area contributed by atoms with Crippen molar-refractivity contribution in [3.05, 3.63) is 30.6 Å². The largest absolute Gasteiger partial charge is 0.573 e. The maximum absolute atomic E-state index is 12.1. The Morgan fingerprint density at radius 1 is 1.29 bits per heavy atom. The van der Waals surface area contributed by atoms with Gasteiger partial charge in [0.05, 0.1) is 12.7 Å². The lowest BCUT2D eigenvalue weighted by atomic mass is 10.1. The second-order valence-electron chi connectivity index (χ2n) is 4.01. The summed E-state index contributed by atoms with van der Waals surface area (Å²) in [6.07, 6.45) is -1.62. The molecule has 116 valence electrons. The number of phenols is 1. The third kappa shape index (κ3) is 4.54. The molecule has 0 saturated heterocycles. The van der Waals surface area contributed by atoms with E-state index < -0.39 is 17.9 Å². The number of ether oxygens (including phenoxy) is 1. The van der Waals surface area contributed by atoms with Gasteiger partial charge in [0.2, 0.25) is 0 Å². The fraction of sp³-hybridized carbons (Fsp3) is 0.250. The van der Waals surface area contributed by atoms with Crippen molar-refractivity contribution >= 4 is 12.4 Å². The van der Waals surface area contributed by atoms with Gasteiger partial charge in [-0.1, -0.05) is 6.07 Å². The zero-order valence-electron chi connectivity index (χ0n) is 10.7. The third-order valence-corrected chi connectivity index (χ3v) is 2.51. The fourth-order valence-corrected chi connectivity index (χ4v) is 1.68. The van der Waals surface area contributed by atoms with E-state index in [0.29, 0.717) is 24.2 Å². The first-order chi connectivity index (χ1) is 9.39. The number of aromatic nitrogens is 2. The highest BCUT2D eigenvalue weighted by Gasteiger charge is 2.32. The van der Waals surface area contributed by atoms with Gasteiger partial charge in [-0.05, 0) is 17.7 Å². The molecule has 1 aromatic heterocycles. The maximum atomic E-state index is 12.1. The van der Waals surface area contributed by atoms with Crippen molar-refractivity contribution in [1.29, 1.82) is 0 Å². The SMILES string of the molecule is Cl.NCCn1cc(-c2ccc(OC(F)(F)F)c(O)c2)cn1. The van der Waals surface area contributed by atoms with E-state index in [0.717, 1.165) is 6.07 Å². The smallest absolute Gasteiger partial charge is 0.504 e. The maximum Gasteiger partial charge on any atom is 0.573 e. The highest BCUT2D eigenvalue weighted by Crippen LogP contribution is 2.34. The lowest BCUT2D eigenvalue weighted by Gasteiger charge is -2.10. The van der Waals surface area contributed by atoms with E-state index in [1.807, 2.05) is 0 Å². The Balaban J connectivity index is 0.00000220. The fourth-order valence-electron chi connectivity index (χ4n) is 1.68. The van der Waals surface area contributed by atoms with Crippen LogP contribution in [0, 0.1) is 0 Å². The van der Waals surface area contributed by atoms with E-state index in [-0.39, 0.29) is 12.4 Å². The Labute approximate surface area is 124 Å². The third-order valence-electron chi connectivity index (χ3n) is 2.51. The van der Waals surface area contributed by atoms with Crippen molar-refractivity contribution in [3.8, 4) is 22.6 Å². The number of alkyl halides is 3. The van der Waals surface area contributed by atoms with Crippen LogP contribution in [-0.2, 0) is 6.54 Å². The van der Waals surface area contributed by atoms with Crippen molar-refractivity contribution in [1.82, 2.24) is 9.78 Å².